The molecule has 61 heavy (non-hydrogen) atoms. The normalized spacial score (nSPS) is 21.0. The summed E-state index contributed by atoms with van der Waals surface area (Å²) in [7, 11) is -5.03. The van der Waals surface area contributed by atoms with Crippen LogP contribution in [0.5, 0.6) is 0 Å². The van der Waals surface area contributed by atoms with Gasteiger partial charge in [-0.1, -0.05) is 186 Å². The van der Waals surface area contributed by atoms with Crippen LogP contribution in [0, 0.1) is 0 Å². The summed E-state index contributed by atoms with van der Waals surface area (Å²) in [4.78, 5) is 4.37. The van der Waals surface area contributed by atoms with Gasteiger partial charge in [-0.05, 0) is 70.1 Å². The molecule has 354 valence electrons. The number of rotatable bonds is 41. The van der Waals surface area contributed by atoms with E-state index in [9.17, 15) is 38.5 Å². The van der Waals surface area contributed by atoms with E-state index in [0.717, 1.165) is 38.5 Å². The van der Waals surface area contributed by atoms with Crippen molar-refractivity contribution in [3.8, 4) is 0 Å². The summed E-state index contributed by atoms with van der Waals surface area (Å²) in [5, 5.41) is 55.1. The van der Waals surface area contributed by atoms with E-state index in [0.29, 0.717) is 6.42 Å². The first-order valence-electron chi connectivity index (χ1n) is 24.6. The van der Waals surface area contributed by atoms with Crippen molar-refractivity contribution in [2.45, 2.75) is 268 Å². The molecule has 0 aromatic rings. The van der Waals surface area contributed by atoms with Crippen LogP contribution in [-0.2, 0) is 19.3 Å². The van der Waals surface area contributed by atoms with E-state index in [4.69, 9.17) is 4.74 Å². The van der Waals surface area contributed by atoms with Crippen molar-refractivity contribution in [1.29, 1.82) is 0 Å². The molecule has 13 heteroatoms. The van der Waals surface area contributed by atoms with E-state index in [1.54, 1.807) is 6.08 Å². The number of hydrogen-bond donors (Lipinski definition) is 5. The molecular weight excluding hydrogens is 806 g/mol. The van der Waals surface area contributed by atoms with Gasteiger partial charge in [0.05, 0.1) is 24.9 Å². The summed E-state index contributed by atoms with van der Waals surface area (Å²) in [6.45, 7) is 3.80. The maximum atomic E-state index is 13.0. The molecule has 0 saturated carbocycles. The van der Waals surface area contributed by atoms with Gasteiger partial charge in [0, 0.05) is 0 Å². The molecule has 5 N–H and O–H groups in total. The Balaban J connectivity index is 0.0000360. The summed E-state index contributed by atoms with van der Waals surface area (Å²) in [6.07, 6.45) is 36.5. The molecule has 0 amide bonds. The van der Waals surface area contributed by atoms with Gasteiger partial charge in [-0.25, -0.2) is 4.18 Å². The van der Waals surface area contributed by atoms with Crippen molar-refractivity contribution >= 4 is 16.3 Å². The van der Waals surface area contributed by atoms with Gasteiger partial charge in [0.15, 0.2) is 0 Å². The Morgan fingerprint density at radius 3 is 1.48 bits per heavy atom. The van der Waals surface area contributed by atoms with E-state index in [1.165, 1.54) is 148 Å². The first-order chi connectivity index (χ1) is 29.0. The summed E-state index contributed by atoms with van der Waals surface area (Å²) in [5.74, 6) is -0.309. The number of allylic oxidation sites excluding steroid dienone is 3. The third-order valence-corrected chi connectivity index (χ3v) is 12.3. The molecule has 1 fully saturated rings. The van der Waals surface area contributed by atoms with E-state index in [2.05, 4.69) is 35.2 Å². The predicted octanol–water partition coefficient (Wildman–Crippen LogP) is 7.17. The smallest absolute Gasteiger partial charge is 0.862 e. The summed E-state index contributed by atoms with van der Waals surface area (Å²) in [5.41, 5.74) is 0. The van der Waals surface area contributed by atoms with E-state index in [1.807, 2.05) is 6.08 Å². The minimum Gasteiger partial charge on any atom is -0.862 e. The van der Waals surface area contributed by atoms with Gasteiger partial charge < -0.3 is 30.3 Å². The molecule has 1 rings (SSSR count). The minimum atomic E-state index is -5.03. The van der Waals surface area contributed by atoms with Crippen LogP contribution in [0.2, 0.25) is 0 Å². The molecule has 0 spiro atoms. The van der Waals surface area contributed by atoms with Gasteiger partial charge >= 0.3 is 40.0 Å². The summed E-state index contributed by atoms with van der Waals surface area (Å²) >= 11 is 0. The van der Waals surface area contributed by atoms with Crippen molar-refractivity contribution in [3.05, 3.63) is 24.3 Å². The van der Waals surface area contributed by atoms with Crippen LogP contribution in [0.4, 0.5) is 0 Å². The summed E-state index contributed by atoms with van der Waals surface area (Å²) in [6, 6.07) is -0.844. The Morgan fingerprint density at radius 2 is 1.05 bits per heavy atom. The standard InChI is InChI=1S/C48H91NO10S.Na/c1-3-5-7-9-11-13-15-17-18-19-20-21-22-23-24-25-27-29-31-33-35-37-45(52)49-41(42(51)36-34-32-30-28-26-16-14-12-10-8-6-4-2)38-39-43-46(53)48(59-60(55,56)57)47(54)44(40-50)58-43;/h17-18,34,36,41-44,46-48,50-51,53-54H,3-16,19-33,35,37-40H2,1-2H3,(H,49,52)(H,55,56,57);/q;+1/p-1/b18-17-,36-34+;/t41-,42+,43-,44+,46-,47-,48+;/m0./s1. The Kier molecular flexibility index (Phi) is 40.8. The fourth-order valence-electron chi connectivity index (χ4n) is 8.07. The maximum Gasteiger partial charge on any atom is 1.00 e. The second kappa shape index (κ2) is 41.1. The molecule has 0 radical (unpaired) electrons. The predicted molar refractivity (Wildman–Crippen MR) is 243 cm³/mol. The molecule has 1 aliphatic heterocycles. The van der Waals surface area contributed by atoms with Crippen LogP contribution in [0.1, 0.15) is 226 Å². The zero-order chi connectivity index (χ0) is 44.1. The Bertz CT molecular complexity index is 1190. The van der Waals surface area contributed by atoms with Crippen LogP contribution in [0.25, 0.3) is 0 Å². The van der Waals surface area contributed by atoms with Crippen LogP contribution in [0.3, 0.4) is 0 Å². The third kappa shape index (κ3) is 33.7. The fraction of sp³-hybridized carbons (Fsp3) is 0.896. The van der Waals surface area contributed by atoms with Crippen molar-refractivity contribution in [3.63, 3.8) is 0 Å². The van der Waals surface area contributed by atoms with Gasteiger partial charge in [-0.15, -0.1) is 0 Å². The molecule has 1 heterocycles. The molecule has 0 aliphatic carbocycles. The largest absolute Gasteiger partial charge is 1.00 e. The number of aliphatic hydroxyl groups excluding tert-OH is 4. The molecule has 1 aliphatic rings. The number of aliphatic hydroxyl groups is 4. The van der Waals surface area contributed by atoms with Gasteiger partial charge in [-0.3, -0.25) is 9.55 Å². The SMILES string of the molecule is CCCCCCCC/C=C\CCCCCCCCCCCCCC([O-])=N[C@@H](CC[C@@H]1O[C@H](CO)[C@H](O)[C@H](OS(=O)(=O)O)[C@H]1O)[C@H](O)/C=C/CCCCCCCCCCCC.[Na+]. The first-order valence-corrected chi connectivity index (χ1v) is 25.9. The molecule has 0 unspecified atom stereocenters. The zero-order valence-electron chi connectivity index (χ0n) is 39.0. The van der Waals surface area contributed by atoms with Crippen molar-refractivity contribution in [2.24, 2.45) is 4.99 Å². The quantitative estimate of drug-likeness (QED) is 0.0105. The van der Waals surface area contributed by atoms with Gasteiger partial charge in [0.25, 0.3) is 0 Å². The van der Waals surface area contributed by atoms with Crippen molar-refractivity contribution in [2.75, 3.05) is 6.61 Å². The average Bonchev–Trinajstić information content (AvgIpc) is 3.22. The third-order valence-electron chi connectivity index (χ3n) is 11.9. The maximum absolute atomic E-state index is 13.0. The number of aliphatic imine (C=N–C) groups is 1. The number of nitrogens with zero attached hydrogens (tertiary/aromatic N) is 1. The van der Waals surface area contributed by atoms with Gasteiger partial charge in [0.1, 0.15) is 24.4 Å². The van der Waals surface area contributed by atoms with E-state index >= 15 is 0 Å². The molecule has 11 nitrogen and oxygen atoms in total. The monoisotopic (exact) mass is 896 g/mol. The van der Waals surface area contributed by atoms with Crippen molar-refractivity contribution in [1.82, 2.24) is 0 Å². The molecule has 0 bridgehead atoms. The van der Waals surface area contributed by atoms with Crippen LogP contribution in [-0.4, -0.2) is 88.6 Å². The van der Waals surface area contributed by atoms with Gasteiger partial charge in [0.2, 0.25) is 0 Å². The molecule has 0 aromatic carbocycles. The van der Waals surface area contributed by atoms with Crippen LogP contribution in [0.15, 0.2) is 29.3 Å². The van der Waals surface area contributed by atoms with Gasteiger partial charge in [-0.2, -0.15) is 8.42 Å². The first kappa shape index (κ1) is 60.6. The van der Waals surface area contributed by atoms with Crippen LogP contribution >= 0.6 is 0 Å². The number of hydrogen-bond acceptors (Lipinski definition) is 10. The Labute approximate surface area is 395 Å². The van der Waals surface area contributed by atoms with Crippen molar-refractivity contribution < 1.29 is 77.0 Å². The average molecular weight is 896 g/mol. The van der Waals surface area contributed by atoms with Crippen LogP contribution < -0.4 is 34.7 Å². The molecular formula is C48H90NNaO10S. The molecule has 7 atom stereocenters. The second-order valence-electron chi connectivity index (χ2n) is 17.4. The fourth-order valence-corrected chi connectivity index (χ4v) is 8.58. The molecule has 1 saturated heterocycles. The minimum absolute atomic E-state index is 0. The Morgan fingerprint density at radius 1 is 0.656 bits per heavy atom. The van der Waals surface area contributed by atoms with E-state index < -0.39 is 59.7 Å². The summed E-state index contributed by atoms with van der Waals surface area (Å²) < 4.78 is 42.3. The Hall–Kier alpha value is -0.380. The van der Waals surface area contributed by atoms with E-state index in [-0.39, 0.29) is 54.7 Å². The second-order valence-corrected chi connectivity index (χ2v) is 18.4. The topological polar surface area (TPSA) is 189 Å². The molecule has 0 aromatic heterocycles. The zero-order valence-corrected chi connectivity index (χ0v) is 41.8. The number of unbranched alkanes of at least 4 members (excludes halogenated alkanes) is 27. The number of ether oxygens (including phenoxy) is 1.